The number of anilines is 1. The molecule has 1 heterocycles. The highest BCUT2D eigenvalue weighted by molar-refractivity contribution is 8.00. The summed E-state index contributed by atoms with van der Waals surface area (Å²) in [5, 5.41) is 0. The van der Waals surface area contributed by atoms with E-state index in [4.69, 9.17) is 15.2 Å². The molecule has 0 fully saturated rings. The number of nitrogens with two attached hydrogens (primary N) is 1. The number of thioether (sulfide) groups is 1. The predicted octanol–water partition coefficient (Wildman–Crippen LogP) is 1.49. The first-order chi connectivity index (χ1) is 7.17. The molecule has 5 heteroatoms. The second kappa shape index (κ2) is 3.83. The molecule has 0 saturated carbocycles. The van der Waals surface area contributed by atoms with Crippen molar-refractivity contribution < 1.29 is 9.47 Å². The number of nitrogens with zero attached hydrogens (tertiary/aromatic N) is 1. The van der Waals surface area contributed by atoms with Crippen LogP contribution in [-0.4, -0.2) is 26.8 Å². The smallest absolute Gasteiger partial charge is 0.162 e. The van der Waals surface area contributed by atoms with E-state index in [1.165, 1.54) is 0 Å². The van der Waals surface area contributed by atoms with E-state index in [9.17, 15) is 0 Å². The highest BCUT2D eigenvalue weighted by atomic mass is 32.2. The Bertz CT molecular complexity index is 384. The van der Waals surface area contributed by atoms with E-state index in [2.05, 4.69) is 0 Å². The second-order valence-corrected chi connectivity index (χ2v) is 4.45. The van der Waals surface area contributed by atoms with Crippen molar-refractivity contribution >= 4 is 17.4 Å². The quantitative estimate of drug-likeness (QED) is 0.828. The van der Waals surface area contributed by atoms with Crippen molar-refractivity contribution in [1.82, 2.24) is 0 Å². The van der Waals surface area contributed by atoms with Gasteiger partial charge in [0.05, 0.1) is 19.9 Å². The minimum Gasteiger partial charge on any atom is -0.493 e. The summed E-state index contributed by atoms with van der Waals surface area (Å²) in [7, 11) is 5.23. The molecule has 0 saturated heterocycles. The van der Waals surface area contributed by atoms with Crippen LogP contribution in [0.3, 0.4) is 0 Å². The Hall–Kier alpha value is -1.07. The van der Waals surface area contributed by atoms with Crippen LogP contribution in [0.25, 0.3) is 0 Å². The number of hydrogen-bond acceptors (Lipinski definition) is 5. The Balaban J connectivity index is 2.48. The van der Waals surface area contributed by atoms with Crippen molar-refractivity contribution in [3.05, 3.63) is 12.1 Å². The Morgan fingerprint density at radius 1 is 1.27 bits per heavy atom. The molecule has 1 unspecified atom stereocenters. The Morgan fingerprint density at radius 3 is 2.47 bits per heavy atom. The van der Waals surface area contributed by atoms with Crippen molar-refractivity contribution in [3.63, 3.8) is 0 Å². The van der Waals surface area contributed by atoms with Gasteiger partial charge in [0.2, 0.25) is 0 Å². The van der Waals surface area contributed by atoms with Crippen molar-refractivity contribution in [2.24, 2.45) is 5.73 Å². The molecule has 2 N–H and O–H groups in total. The zero-order chi connectivity index (χ0) is 11.0. The van der Waals surface area contributed by atoms with E-state index in [0.717, 1.165) is 22.1 Å². The molecule has 0 bridgehead atoms. The van der Waals surface area contributed by atoms with Crippen LogP contribution >= 0.6 is 11.8 Å². The summed E-state index contributed by atoms with van der Waals surface area (Å²) in [6.45, 7) is 0. The molecule has 1 aliphatic rings. The molecule has 0 amide bonds. The molecule has 0 aromatic heterocycles. The first-order valence-electron chi connectivity index (χ1n) is 4.58. The normalized spacial score (nSPS) is 18.9. The molecule has 2 rings (SSSR count). The lowest BCUT2D eigenvalue weighted by atomic mass is 10.2. The maximum atomic E-state index is 5.92. The minimum atomic E-state index is -0.0307. The molecule has 82 valence electrons. The first-order valence-corrected chi connectivity index (χ1v) is 5.46. The van der Waals surface area contributed by atoms with Gasteiger partial charge in [0, 0.05) is 18.0 Å². The zero-order valence-electron chi connectivity index (χ0n) is 8.98. The Kier molecular flexibility index (Phi) is 2.67. The molecule has 1 aliphatic heterocycles. The number of benzene rings is 1. The average molecular weight is 226 g/mol. The van der Waals surface area contributed by atoms with Crippen LogP contribution in [0, 0.1) is 0 Å². The highest BCUT2D eigenvalue weighted by Crippen LogP contribution is 2.46. The fraction of sp³-hybridized carbons (Fsp3) is 0.400. The molecular weight excluding hydrogens is 212 g/mol. The van der Waals surface area contributed by atoms with Gasteiger partial charge in [-0.15, -0.1) is 0 Å². The lowest BCUT2D eigenvalue weighted by Crippen LogP contribution is -2.32. The highest BCUT2D eigenvalue weighted by Gasteiger charge is 2.26. The summed E-state index contributed by atoms with van der Waals surface area (Å²) in [6.07, 6.45) is 0. The van der Waals surface area contributed by atoms with E-state index in [1.54, 1.807) is 26.0 Å². The minimum absolute atomic E-state index is 0.0307. The van der Waals surface area contributed by atoms with Gasteiger partial charge in [0.15, 0.2) is 11.5 Å². The molecule has 15 heavy (non-hydrogen) atoms. The third-order valence-electron chi connectivity index (χ3n) is 2.47. The predicted molar refractivity (Wildman–Crippen MR) is 61.8 cm³/mol. The van der Waals surface area contributed by atoms with E-state index >= 15 is 0 Å². The van der Waals surface area contributed by atoms with Crippen molar-refractivity contribution in [1.29, 1.82) is 0 Å². The monoisotopic (exact) mass is 226 g/mol. The summed E-state index contributed by atoms with van der Waals surface area (Å²) in [6, 6.07) is 3.91. The summed E-state index contributed by atoms with van der Waals surface area (Å²) < 4.78 is 10.5. The zero-order valence-corrected chi connectivity index (χ0v) is 9.80. The van der Waals surface area contributed by atoms with Crippen LogP contribution in [0.2, 0.25) is 0 Å². The lowest BCUT2D eigenvalue weighted by molar-refractivity contribution is 0.354. The van der Waals surface area contributed by atoms with Crippen LogP contribution in [-0.2, 0) is 0 Å². The van der Waals surface area contributed by atoms with E-state index in [0.29, 0.717) is 0 Å². The topological polar surface area (TPSA) is 47.7 Å². The van der Waals surface area contributed by atoms with Crippen molar-refractivity contribution in [2.45, 2.75) is 10.4 Å². The van der Waals surface area contributed by atoms with Gasteiger partial charge < -0.3 is 20.1 Å². The molecular formula is C10H14N2O2S. The maximum absolute atomic E-state index is 5.92. The van der Waals surface area contributed by atoms with Crippen LogP contribution in [0.4, 0.5) is 5.69 Å². The van der Waals surface area contributed by atoms with Gasteiger partial charge in [0.25, 0.3) is 0 Å². The van der Waals surface area contributed by atoms with Crippen molar-refractivity contribution in [2.75, 3.05) is 26.2 Å². The molecule has 0 spiro atoms. The van der Waals surface area contributed by atoms with Crippen LogP contribution in [0.5, 0.6) is 11.5 Å². The standard InChI is InChI=1S/C10H14N2O2S/c1-12-6-4-7(13-2)8(14-3)5-9(6)15-10(12)11/h4-5,10H,11H2,1-3H3. The SMILES string of the molecule is COc1cc2c(cc1OC)N(C)C(N)S2. The van der Waals surface area contributed by atoms with Crippen LogP contribution in [0.15, 0.2) is 17.0 Å². The second-order valence-electron chi connectivity index (χ2n) is 3.29. The lowest BCUT2D eigenvalue weighted by Gasteiger charge is -2.17. The van der Waals surface area contributed by atoms with Gasteiger partial charge in [-0.1, -0.05) is 11.8 Å². The summed E-state index contributed by atoms with van der Waals surface area (Å²) >= 11 is 1.62. The number of ether oxygens (including phenoxy) is 2. The van der Waals surface area contributed by atoms with Gasteiger partial charge >= 0.3 is 0 Å². The fourth-order valence-corrected chi connectivity index (χ4v) is 2.60. The van der Waals surface area contributed by atoms with Gasteiger partial charge in [-0.2, -0.15) is 0 Å². The van der Waals surface area contributed by atoms with Crippen molar-refractivity contribution in [3.8, 4) is 11.5 Å². The number of methoxy groups -OCH3 is 2. The summed E-state index contributed by atoms with van der Waals surface area (Å²) in [5.74, 6) is 1.48. The van der Waals surface area contributed by atoms with Crippen LogP contribution in [0.1, 0.15) is 0 Å². The number of rotatable bonds is 2. The first kappa shape index (κ1) is 10.4. The summed E-state index contributed by atoms with van der Waals surface area (Å²) in [5.41, 5.74) is 6.98. The van der Waals surface area contributed by atoms with Gasteiger partial charge in [-0.3, -0.25) is 0 Å². The number of fused-ring (bicyclic) bond motifs is 1. The van der Waals surface area contributed by atoms with Gasteiger partial charge in [0.1, 0.15) is 5.50 Å². The number of hydrogen-bond donors (Lipinski definition) is 1. The van der Waals surface area contributed by atoms with Gasteiger partial charge in [-0.05, 0) is 6.07 Å². The third-order valence-corrected chi connectivity index (χ3v) is 3.61. The van der Waals surface area contributed by atoms with E-state index in [1.807, 2.05) is 24.1 Å². The van der Waals surface area contributed by atoms with Gasteiger partial charge in [-0.25, -0.2) is 0 Å². The average Bonchev–Trinajstić information content (AvgIpc) is 2.53. The van der Waals surface area contributed by atoms with E-state index in [-0.39, 0.29) is 5.50 Å². The fourth-order valence-electron chi connectivity index (χ4n) is 1.57. The molecule has 0 radical (unpaired) electrons. The molecule has 4 nitrogen and oxygen atoms in total. The summed E-state index contributed by atoms with van der Waals surface area (Å²) in [4.78, 5) is 3.14. The molecule has 1 aromatic rings. The largest absolute Gasteiger partial charge is 0.493 e. The molecule has 1 aromatic carbocycles. The molecule has 1 atom stereocenters. The Labute approximate surface area is 93.3 Å². The van der Waals surface area contributed by atoms with Crippen LogP contribution < -0.4 is 20.1 Å². The maximum Gasteiger partial charge on any atom is 0.162 e. The van der Waals surface area contributed by atoms with E-state index < -0.39 is 0 Å². The Morgan fingerprint density at radius 2 is 1.87 bits per heavy atom. The molecule has 0 aliphatic carbocycles. The third kappa shape index (κ3) is 1.61.